The normalized spacial score (nSPS) is 14.8. The van der Waals surface area contributed by atoms with Crippen LogP contribution in [0, 0.1) is 11.6 Å². The summed E-state index contributed by atoms with van der Waals surface area (Å²) in [6.45, 7) is 2.67. The Bertz CT molecular complexity index is 775. The topological polar surface area (TPSA) is 52.6 Å². The number of hydrogen-bond acceptors (Lipinski definition) is 2. The summed E-state index contributed by atoms with van der Waals surface area (Å²) in [5.41, 5.74) is 2.00. The van der Waals surface area contributed by atoms with Gasteiger partial charge in [-0.2, -0.15) is 0 Å². The van der Waals surface area contributed by atoms with E-state index in [4.69, 9.17) is 0 Å². The standard InChI is InChI=1S/C19H20F2N2O2/c1-12(9-16-17(20)3-2-4-18(16)21)22-19(25)23-8-7-13-5-6-15(24)10-14(13)11-23/h2-6,10,12,24H,7-9,11H2,1H3,(H,22,25)/t12-/m1/s1. The third-order valence-electron chi connectivity index (χ3n) is 4.43. The van der Waals surface area contributed by atoms with Gasteiger partial charge in [-0.05, 0) is 55.2 Å². The molecule has 1 heterocycles. The molecule has 0 fully saturated rings. The number of nitrogens with zero attached hydrogens (tertiary/aromatic N) is 1. The Morgan fingerprint density at radius 1 is 1.24 bits per heavy atom. The number of carbonyl (C=O) groups excluding carboxylic acids is 1. The van der Waals surface area contributed by atoms with E-state index >= 15 is 0 Å². The molecule has 132 valence electrons. The number of urea groups is 1. The molecule has 25 heavy (non-hydrogen) atoms. The van der Waals surface area contributed by atoms with Crippen LogP contribution in [0.1, 0.15) is 23.6 Å². The van der Waals surface area contributed by atoms with Gasteiger partial charge in [0.2, 0.25) is 0 Å². The van der Waals surface area contributed by atoms with Crippen LogP contribution in [0.2, 0.25) is 0 Å². The fourth-order valence-corrected chi connectivity index (χ4v) is 3.10. The lowest BCUT2D eigenvalue weighted by Gasteiger charge is -2.30. The van der Waals surface area contributed by atoms with E-state index in [0.717, 1.165) is 11.1 Å². The molecule has 2 N–H and O–H groups in total. The van der Waals surface area contributed by atoms with Gasteiger partial charge < -0.3 is 15.3 Å². The van der Waals surface area contributed by atoms with Crippen molar-refractivity contribution in [2.75, 3.05) is 6.54 Å². The molecule has 1 aliphatic rings. The molecule has 1 aliphatic heterocycles. The molecule has 2 aromatic carbocycles. The van der Waals surface area contributed by atoms with Crippen LogP contribution in [-0.2, 0) is 19.4 Å². The Labute approximate surface area is 145 Å². The second kappa shape index (κ2) is 7.09. The smallest absolute Gasteiger partial charge is 0.317 e. The Hall–Kier alpha value is -2.63. The molecule has 0 spiro atoms. The van der Waals surface area contributed by atoms with E-state index in [-0.39, 0.29) is 23.8 Å². The number of amides is 2. The summed E-state index contributed by atoms with van der Waals surface area (Å²) in [7, 11) is 0. The quantitative estimate of drug-likeness (QED) is 0.895. The Morgan fingerprint density at radius 2 is 1.96 bits per heavy atom. The molecule has 6 heteroatoms. The molecule has 0 saturated heterocycles. The number of rotatable bonds is 3. The van der Waals surface area contributed by atoms with Crippen LogP contribution in [0.25, 0.3) is 0 Å². The van der Waals surface area contributed by atoms with Crippen LogP contribution in [0.15, 0.2) is 36.4 Å². The zero-order valence-corrected chi connectivity index (χ0v) is 13.9. The first kappa shape index (κ1) is 17.2. The van der Waals surface area contributed by atoms with Crippen LogP contribution in [-0.4, -0.2) is 28.6 Å². The van der Waals surface area contributed by atoms with Crippen molar-refractivity contribution in [2.45, 2.75) is 32.4 Å². The molecule has 3 rings (SSSR count). The van der Waals surface area contributed by atoms with Gasteiger partial charge in [0, 0.05) is 24.7 Å². The number of nitrogens with one attached hydrogen (secondary N) is 1. The largest absolute Gasteiger partial charge is 0.508 e. The lowest BCUT2D eigenvalue weighted by molar-refractivity contribution is 0.188. The second-order valence-corrected chi connectivity index (χ2v) is 6.38. The number of phenolic OH excluding ortho intramolecular Hbond substituents is 1. The van der Waals surface area contributed by atoms with E-state index in [0.29, 0.717) is 19.5 Å². The molecule has 0 saturated carbocycles. The highest BCUT2D eigenvalue weighted by Gasteiger charge is 2.22. The average molecular weight is 346 g/mol. The molecule has 1 atom stereocenters. The number of aromatic hydroxyl groups is 1. The summed E-state index contributed by atoms with van der Waals surface area (Å²) in [5.74, 6) is -1.05. The maximum atomic E-state index is 13.7. The fourth-order valence-electron chi connectivity index (χ4n) is 3.10. The molecule has 4 nitrogen and oxygen atoms in total. The SMILES string of the molecule is C[C@H](Cc1c(F)cccc1F)NC(=O)N1CCc2ccc(O)cc2C1. The third kappa shape index (κ3) is 3.90. The molecule has 0 aliphatic carbocycles. The van der Waals surface area contributed by atoms with E-state index in [2.05, 4.69) is 5.32 Å². The Kier molecular flexibility index (Phi) is 4.88. The predicted molar refractivity (Wildman–Crippen MR) is 90.3 cm³/mol. The monoisotopic (exact) mass is 346 g/mol. The maximum absolute atomic E-state index is 13.7. The van der Waals surface area contributed by atoms with Crippen molar-refractivity contribution in [3.8, 4) is 5.75 Å². The van der Waals surface area contributed by atoms with Gasteiger partial charge in [0.05, 0.1) is 0 Å². The average Bonchev–Trinajstić information content (AvgIpc) is 2.57. The molecule has 0 aromatic heterocycles. The van der Waals surface area contributed by atoms with Gasteiger partial charge in [-0.25, -0.2) is 13.6 Å². The number of benzene rings is 2. The molecule has 0 unspecified atom stereocenters. The van der Waals surface area contributed by atoms with Crippen molar-refractivity contribution in [3.05, 3.63) is 64.7 Å². The van der Waals surface area contributed by atoms with Crippen molar-refractivity contribution < 1.29 is 18.7 Å². The Balaban J connectivity index is 1.62. The molecule has 0 radical (unpaired) electrons. The molecular formula is C19H20F2N2O2. The van der Waals surface area contributed by atoms with Crippen molar-refractivity contribution in [2.24, 2.45) is 0 Å². The van der Waals surface area contributed by atoms with E-state index in [1.807, 2.05) is 6.07 Å². The molecule has 2 aromatic rings. The minimum absolute atomic E-state index is 0.0239. The van der Waals surface area contributed by atoms with Crippen LogP contribution >= 0.6 is 0 Å². The van der Waals surface area contributed by atoms with E-state index in [1.54, 1.807) is 24.0 Å². The predicted octanol–water partition coefficient (Wildman–Crippen LogP) is 3.37. The highest BCUT2D eigenvalue weighted by molar-refractivity contribution is 5.75. The summed E-state index contributed by atoms with van der Waals surface area (Å²) >= 11 is 0. The maximum Gasteiger partial charge on any atom is 0.317 e. The second-order valence-electron chi connectivity index (χ2n) is 6.38. The fraction of sp³-hybridized carbons (Fsp3) is 0.316. The van der Waals surface area contributed by atoms with Gasteiger partial charge in [-0.1, -0.05) is 12.1 Å². The van der Waals surface area contributed by atoms with E-state index in [1.165, 1.54) is 18.2 Å². The molecule has 2 amide bonds. The van der Waals surface area contributed by atoms with Gasteiger partial charge in [0.15, 0.2) is 0 Å². The van der Waals surface area contributed by atoms with Gasteiger partial charge in [0.25, 0.3) is 0 Å². The van der Waals surface area contributed by atoms with Crippen molar-refractivity contribution >= 4 is 6.03 Å². The lowest BCUT2D eigenvalue weighted by atomic mass is 10.00. The van der Waals surface area contributed by atoms with E-state index < -0.39 is 17.7 Å². The number of fused-ring (bicyclic) bond motifs is 1. The summed E-state index contributed by atoms with van der Waals surface area (Å²) < 4.78 is 27.4. The number of phenols is 1. The summed E-state index contributed by atoms with van der Waals surface area (Å²) in [5, 5.41) is 12.4. The number of hydrogen-bond donors (Lipinski definition) is 2. The Morgan fingerprint density at radius 3 is 2.68 bits per heavy atom. The van der Waals surface area contributed by atoms with Crippen molar-refractivity contribution in [1.82, 2.24) is 10.2 Å². The number of carbonyl (C=O) groups is 1. The zero-order valence-electron chi connectivity index (χ0n) is 13.9. The summed E-state index contributed by atoms with van der Waals surface area (Å²) in [6.07, 6.45) is 0.787. The van der Waals surface area contributed by atoms with Crippen LogP contribution in [0.5, 0.6) is 5.75 Å². The van der Waals surface area contributed by atoms with Gasteiger partial charge >= 0.3 is 6.03 Å². The first-order valence-electron chi connectivity index (χ1n) is 8.23. The first-order valence-corrected chi connectivity index (χ1v) is 8.23. The minimum atomic E-state index is -0.608. The van der Waals surface area contributed by atoms with Crippen LogP contribution in [0.3, 0.4) is 0 Å². The zero-order chi connectivity index (χ0) is 18.0. The minimum Gasteiger partial charge on any atom is -0.508 e. The van der Waals surface area contributed by atoms with Gasteiger partial charge in [-0.15, -0.1) is 0 Å². The lowest BCUT2D eigenvalue weighted by Crippen LogP contribution is -2.46. The highest BCUT2D eigenvalue weighted by Crippen LogP contribution is 2.23. The van der Waals surface area contributed by atoms with Gasteiger partial charge in [0.1, 0.15) is 17.4 Å². The molecular weight excluding hydrogens is 326 g/mol. The van der Waals surface area contributed by atoms with Crippen molar-refractivity contribution in [1.29, 1.82) is 0 Å². The summed E-state index contributed by atoms with van der Waals surface area (Å²) in [6, 6.07) is 8.21. The van der Waals surface area contributed by atoms with Crippen LogP contribution in [0.4, 0.5) is 13.6 Å². The van der Waals surface area contributed by atoms with Crippen LogP contribution < -0.4 is 5.32 Å². The number of halogens is 2. The third-order valence-corrected chi connectivity index (χ3v) is 4.43. The van der Waals surface area contributed by atoms with E-state index in [9.17, 15) is 18.7 Å². The summed E-state index contributed by atoms with van der Waals surface area (Å²) in [4.78, 5) is 14.1. The van der Waals surface area contributed by atoms with Crippen molar-refractivity contribution in [3.63, 3.8) is 0 Å². The first-order chi connectivity index (χ1) is 11.9. The van der Waals surface area contributed by atoms with Gasteiger partial charge in [-0.3, -0.25) is 0 Å². The highest BCUT2D eigenvalue weighted by atomic mass is 19.1. The molecule has 0 bridgehead atoms.